The molecule has 28 heavy (non-hydrogen) atoms. The van der Waals surface area contributed by atoms with Gasteiger partial charge in [0.05, 0.1) is 35.7 Å². The molecule has 8 heteroatoms. The van der Waals surface area contributed by atoms with Gasteiger partial charge in [-0.1, -0.05) is 6.42 Å². The van der Waals surface area contributed by atoms with Crippen molar-refractivity contribution in [2.45, 2.75) is 50.2 Å². The van der Waals surface area contributed by atoms with Gasteiger partial charge in [-0.05, 0) is 43.9 Å². The molecule has 2 saturated heterocycles. The van der Waals surface area contributed by atoms with Crippen molar-refractivity contribution < 1.29 is 13.2 Å². The highest BCUT2D eigenvalue weighted by atomic mass is 32.2. The van der Waals surface area contributed by atoms with Gasteiger partial charge >= 0.3 is 0 Å². The molecule has 3 aliphatic rings. The highest BCUT2D eigenvalue weighted by Crippen LogP contribution is 2.39. The summed E-state index contributed by atoms with van der Waals surface area (Å²) in [6.45, 7) is 6.71. The molecule has 0 N–H and O–H groups in total. The largest absolute Gasteiger partial charge is 0.379 e. The van der Waals surface area contributed by atoms with E-state index in [1.54, 1.807) is 12.1 Å². The lowest BCUT2D eigenvalue weighted by Crippen LogP contribution is -2.52. The van der Waals surface area contributed by atoms with E-state index in [1.807, 2.05) is 6.07 Å². The van der Waals surface area contributed by atoms with Gasteiger partial charge in [0.2, 0.25) is 10.0 Å². The standard InChI is InChI=1S/C20H28N4O3S/c1-2-24-19-7-6-16(28(25,26)23-8-10-27-11-9-23)12-17(19)21-20(24)14-22-13-15-4-3-5-18(15)22/h6-7,12,15,18H,2-5,8-11,13-14H2,1H3. The van der Waals surface area contributed by atoms with Crippen molar-refractivity contribution in [3.05, 3.63) is 24.0 Å². The van der Waals surface area contributed by atoms with E-state index in [2.05, 4.69) is 16.4 Å². The van der Waals surface area contributed by atoms with Crippen LogP contribution in [0.5, 0.6) is 0 Å². The van der Waals surface area contributed by atoms with Crippen LogP contribution in [0.2, 0.25) is 0 Å². The minimum atomic E-state index is -3.50. The number of aryl methyl sites for hydroxylation is 1. The van der Waals surface area contributed by atoms with Crippen molar-refractivity contribution >= 4 is 21.1 Å². The Kier molecular flexibility index (Phi) is 4.70. The molecule has 0 radical (unpaired) electrons. The Morgan fingerprint density at radius 1 is 1.21 bits per heavy atom. The fourth-order valence-electron chi connectivity index (χ4n) is 5.10. The summed E-state index contributed by atoms with van der Waals surface area (Å²) in [6, 6.07) is 6.10. The molecule has 1 aromatic heterocycles. The smallest absolute Gasteiger partial charge is 0.243 e. The second-order valence-electron chi connectivity index (χ2n) is 8.13. The van der Waals surface area contributed by atoms with E-state index >= 15 is 0 Å². The van der Waals surface area contributed by atoms with Crippen molar-refractivity contribution in [3.63, 3.8) is 0 Å². The van der Waals surface area contributed by atoms with E-state index in [9.17, 15) is 8.42 Å². The molecule has 1 aromatic carbocycles. The number of hydrogen-bond donors (Lipinski definition) is 0. The normalized spacial score (nSPS) is 26.5. The van der Waals surface area contributed by atoms with Crippen LogP contribution in [0.3, 0.4) is 0 Å². The lowest BCUT2D eigenvalue weighted by molar-refractivity contribution is 0.0273. The number of aromatic nitrogens is 2. The molecule has 2 aliphatic heterocycles. The Bertz CT molecular complexity index is 981. The molecule has 7 nitrogen and oxygen atoms in total. The maximum absolute atomic E-state index is 13.0. The van der Waals surface area contributed by atoms with Gasteiger partial charge in [-0.2, -0.15) is 4.31 Å². The predicted octanol–water partition coefficient (Wildman–Crippen LogP) is 2.06. The van der Waals surface area contributed by atoms with Crippen molar-refractivity contribution in [2.75, 3.05) is 32.8 Å². The zero-order chi connectivity index (χ0) is 19.3. The fraction of sp³-hybridized carbons (Fsp3) is 0.650. The molecule has 152 valence electrons. The van der Waals surface area contributed by atoms with Crippen LogP contribution in [0.15, 0.2) is 23.1 Å². The van der Waals surface area contributed by atoms with Crippen molar-refractivity contribution in [1.82, 2.24) is 18.8 Å². The number of ether oxygens (including phenoxy) is 1. The van der Waals surface area contributed by atoms with Crippen LogP contribution in [-0.2, 0) is 27.8 Å². The first-order valence-corrected chi connectivity index (χ1v) is 11.8. The van der Waals surface area contributed by atoms with Gasteiger partial charge in [-0.25, -0.2) is 13.4 Å². The maximum atomic E-state index is 13.0. The average Bonchev–Trinajstić information content (AvgIpc) is 3.25. The van der Waals surface area contributed by atoms with Crippen LogP contribution < -0.4 is 0 Å². The number of morpholine rings is 1. The van der Waals surface area contributed by atoms with Gasteiger partial charge in [-0.3, -0.25) is 4.90 Å². The summed E-state index contributed by atoms with van der Waals surface area (Å²) >= 11 is 0. The van der Waals surface area contributed by atoms with E-state index in [0.29, 0.717) is 31.2 Å². The Morgan fingerprint density at radius 3 is 2.79 bits per heavy atom. The van der Waals surface area contributed by atoms with Crippen LogP contribution >= 0.6 is 0 Å². The minimum absolute atomic E-state index is 0.328. The van der Waals surface area contributed by atoms with Crippen LogP contribution in [0.4, 0.5) is 0 Å². The second kappa shape index (κ2) is 7.09. The fourth-order valence-corrected chi connectivity index (χ4v) is 6.53. The van der Waals surface area contributed by atoms with Gasteiger partial charge in [0.15, 0.2) is 0 Å². The molecule has 0 spiro atoms. The van der Waals surface area contributed by atoms with Gasteiger partial charge in [0, 0.05) is 32.2 Å². The Labute approximate surface area is 166 Å². The molecule has 5 rings (SSSR count). The number of fused-ring (bicyclic) bond motifs is 2. The summed E-state index contributed by atoms with van der Waals surface area (Å²) in [5, 5.41) is 0. The SMILES string of the molecule is CCn1c(CN2CC3CCCC32)nc2cc(S(=O)(=O)N3CCOCC3)ccc21. The highest BCUT2D eigenvalue weighted by Gasteiger charge is 2.42. The molecule has 3 heterocycles. The van der Waals surface area contributed by atoms with E-state index < -0.39 is 10.0 Å². The van der Waals surface area contributed by atoms with E-state index in [-0.39, 0.29) is 0 Å². The summed E-state index contributed by atoms with van der Waals surface area (Å²) in [4.78, 5) is 7.72. The zero-order valence-electron chi connectivity index (χ0n) is 16.4. The summed E-state index contributed by atoms with van der Waals surface area (Å²) in [6.07, 6.45) is 4.02. The number of likely N-dealkylation sites (tertiary alicyclic amines) is 1. The predicted molar refractivity (Wildman–Crippen MR) is 107 cm³/mol. The monoisotopic (exact) mass is 404 g/mol. The zero-order valence-corrected chi connectivity index (χ0v) is 17.2. The quantitative estimate of drug-likeness (QED) is 0.763. The summed E-state index contributed by atoms with van der Waals surface area (Å²) in [7, 11) is -3.50. The first-order valence-electron chi connectivity index (χ1n) is 10.4. The third-order valence-electron chi connectivity index (χ3n) is 6.62. The number of sulfonamides is 1. The minimum Gasteiger partial charge on any atom is -0.379 e. The third kappa shape index (κ3) is 2.98. The molecule has 1 saturated carbocycles. The summed E-state index contributed by atoms with van der Waals surface area (Å²) < 4.78 is 35.0. The number of hydrogen-bond acceptors (Lipinski definition) is 5. The second-order valence-corrected chi connectivity index (χ2v) is 10.1. The Morgan fingerprint density at radius 2 is 2.04 bits per heavy atom. The molecule has 0 bridgehead atoms. The Balaban J connectivity index is 1.45. The highest BCUT2D eigenvalue weighted by molar-refractivity contribution is 7.89. The Hall–Kier alpha value is -1.48. The molecular weight excluding hydrogens is 376 g/mol. The topological polar surface area (TPSA) is 67.7 Å². The number of nitrogens with zero attached hydrogens (tertiary/aromatic N) is 4. The maximum Gasteiger partial charge on any atom is 0.243 e. The van der Waals surface area contributed by atoms with Crippen molar-refractivity contribution in [3.8, 4) is 0 Å². The molecule has 2 unspecified atom stereocenters. The first kappa shape index (κ1) is 18.5. The lowest BCUT2D eigenvalue weighted by atomic mass is 9.92. The van der Waals surface area contributed by atoms with Crippen LogP contribution in [-0.4, -0.2) is 66.1 Å². The van der Waals surface area contributed by atoms with E-state index in [1.165, 1.54) is 30.1 Å². The first-order chi connectivity index (χ1) is 13.6. The molecule has 2 atom stereocenters. The number of benzene rings is 1. The lowest BCUT2D eigenvalue weighted by Gasteiger charge is -2.44. The van der Waals surface area contributed by atoms with Crippen molar-refractivity contribution in [2.24, 2.45) is 5.92 Å². The molecule has 3 fully saturated rings. The average molecular weight is 405 g/mol. The van der Waals surface area contributed by atoms with Crippen molar-refractivity contribution in [1.29, 1.82) is 0 Å². The number of rotatable bonds is 5. The van der Waals surface area contributed by atoms with E-state index in [0.717, 1.165) is 41.9 Å². The van der Waals surface area contributed by atoms with Gasteiger partial charge < -0.3 is 9.30 Å². The number of imidazole rings is 1. The van der Waals surface area contributed by atoms with Gasteiger partial charge in [0.25, 0.3) is 0 Å². The van der Waals surface area contributed by atoms with E-state index in [4.69, 9.17) is 9.72 Å². The van der Waals surface area contributed by atoms with Gasteiger partial charge in [-0.15, -0.1) is 0 Å². The summed E-state index contributed by atoms with van der Waals surface area (Å²) in [5.41, 5.74) is 1.79. The van der Waals surface area contributed by atoms with Crippen LogP contribution in [0, 0.1) is 5.92 Å². The summed E-state index contributed by atoms with van der Waals surface area (Å²) in [5.74, 6) is 1.92. The van der Waals surface area contributed by atoms with Crippen LogP contribution in [0.1, 0.15) is 32.0 Å². The third-order valence-corrected chi connectivity index (χ3v) is 8.52. The molecule has 1 aliphatic carbocycles. The van der Waals surface area contributed by atoms with Gasteiger partial charge in [0.1, 0.15) is 5.82 Å². The molecule has 2 aromatic rings. The molecular formula is C20H28N4O3S. The van der Waals surface area contributed by atoms with Crippen LogP contribution in [0.25, 0.3) is 11.0 Å². The molecule has 0 amide bonds.